The van der Waals surface area contributed by atoms with Gasteiger partial charge in [-0.1, -0.05) is 39.0 Å². The lowest BCUT2D eigenvalue weighted by Crippen LogP contribution is -2.27. The SMILES string of the molecule is CCCCCCCCOc1ccc(N(C(=O)CCC(=O)ON)c2nc(-c3cccnc3)cs2)cc1C(F)(F)F. The molecule has 0 radical (unpaired) electrons. The third kappa shape index (κ3) is 8.75. The van der Waals surface area contributed by atoms with Crippen molar-refractivity contribution in [1.29, 1.82) is 0 Å². The number of unbranched alkanes of at least 4 members (excludes halogenated alkanes) is 5. The molecule has 0 atom stereocenters. The summed E-state index contributed by atoms with van der Waals surface area (Å²) in [7, 11) is 0. The molecule has 0 aliphatic heterocycles. The molecular weight excluding hydrogens is 533 g/mol. The third-order valence-electron chi connectivity index (χ3n) is 5.85. The molecule has 210 valence electrons. The predicted molar refractivity (Wildman–Crippen MR) is 142 cm³/mol. The molecule has 2 aromatic heterocycles. The Morgan fingerprint density at radius 1 is 1.08 bits per heavy atom. The van der Waals surface area contributed by atoms with Crippen LogP contribution in [0, 0.1) is 0 Å². The number of anilines is 2. The quantitative estimate of drug-likeness (QED) is 0.169. The monoisotopic (exact) mass is 564 g/mol. The highest BCUT2D eigenvalue weighted by Crippen LogP contribution is 2.41. The zero-order chi connectivity index (χ0) is 28.3. The van der Waals surface area contributed by atoms with Crippen LogP contribution in [0.25, 0.3) is 11.3 Å². The smallest absolute Gasteiger partial charge is 0.420 e. The summed E-state index contributed by atoms with van der Waals surface area (Å²) >= 11 is 1.07. The molecule has 0 saturated carbocycles. The van der Waals surface area contributed by atoms with Gasteiger partial charge in [0.25, 0.3) is 0 Å². The van der Waals surface area contributed by atoms with Crippen molar-refractivity contribution >= 4 is 34.0 Å². The van der Waals surface area contributed by atoms with Gasteiger partial charge in [0.15, 0.2) is 5.13 Å². The number of thiazole rings is 1. The lowest BCUT2D eigenvalue weighted by atomic mass is 10.1. The molecular formula is C27H31F3N4O4S. The second-order valence-corrected chi connectivity index (χ2v) is 9.61. The fraction of sp³-hybridized carbons (Fsp3) is 0.407. The van der Waals surface area contributed by atoms with E-state index in [4.69, 9.17) is 10.6 Å². The first-order chi connectivity index (χ1) is 18.7. The van der Waals surface area contributed by atoms with Crippen LogP contribution in [0.5, 0.6) is 5.75 Å². The van der Waals surface area contributed by atoms with E-state index in [0.717, 1.165) is 54.4 Å². The van der Waals surface area contributed by atoms with Crippen molar-refractivity contribution < 1.29 is 32.3 Å². The molecule has 0 aliphatic carbocycles. The summed E-state index contributed by atoms with van der Waals surface area (Å²) in [6.07, 6.45) is 3.60. The standard InChI is InChI=1S/C27H31F3N4O4S/c1-2-3-4-5-6-7-15-37-23-11-10-20(16-21(23)27(28,29)30)34(24(35)12-13-25(36)38-31)26-33-22(18-39-26)19-9-8-14-32-17-19/h8-11,14,16-18H,2-7,12-13,15,31H2,1H3. The Bertz CT molecular complexity index is 1220. The number of halogens is 3. The van der Waals surface area contributed by atoms with E-state index in [1.807, 2.05) is 0 Å². The van der Waals surface area contributed by atoms with E-state index in [9.17, 15) is 22.8 Å². The summed E-state index contributed by atoms with van der Waals surface area (Å²) in [5, 5.41) is 1.80. The number of carbonyl (C=O) groups excluding carboxylic acids is 2. The molecule has 0 aliphatic rings. The highest BCUT2D eigenvalue weighted by molar-refractivity contribution is 7.14. The van der Waals surface area contributed by atoms with Crippen LogP contribution in [0.1, 0.15) is 63.9 Å². The average molecular weight is 565 g/mol. The largest absolute Gasteiger partial charge is 0.493 e. The average Bonchev–Trinajstić information content (AvgIpc) is 3.41. The van der Waals surface area contributed by atoms with E-state index in [1.165, 1.54) is 12.1 Å². The number of alkyl halides is 3. The van der Waals surface area contributed by atoms with Crippen molar-refractivity contribution in [2.24, 2.45) is 5.90 Å². The summed E-state index contributed by atoms with van der Waals surface area (Å²) in [5.41, 5.74) is 0.104. The van der Waals surface area contributed by atoms with Gasteiger partial charge in [-0.2, -0.15) is 19.1 Å². The molecule has 39 heavy (non-hydrogen) atoms. The number of hydrogen-bond donors (Lipinski definition) is 1. The van der Waals surface area contributed by atoms with Gasteiger partial charge in [-0.3, -0.25) is 19.5 Å². The van der Waals surface area contributed by atoms with Crippen LogP contribution in [-0.4, -0.2) is 28.5 Å². The fourth-order valence-corrected chi connectivity index (χ4v) is 4.69. The summed E-state index contributed by atoms with van der Waals surface area (Å²) < 4.78 is 47.7. The minimum atomic E-state index is -4.73. The maximum Gasteiger partial charge on any atom is 0.420 e. The fourth-order valence-electron chi connectivity index (χ4n) is 3.82. The zero-order valence-electron chi connectivity index (χ0n) is 21.6. The van der Waals surface area contributed by atoms with E-state index in [1.54, 1.807) is 29.9 Å². The second-order valence-electron chi connectivity index (χ2n) is 8.77. The van der Waals surface area contributed by atoms with Gasteiger partial charge in [0.05, 0.1) is 30.0 Å². The number of rotatable bonds is 14. The van der Waals surface area contributed by atoms with Crippen molar-refractivity contribution in [3.8, 4) is 17.0 Å². The Hall–Kier alpha value is -3.51. The molecule has 0 unspecified atom stereocenters. The first-order valence-corrected chi connectivity index (χ1v) is 13.5. The molecule has 0 fully saturated rings. The third-order valence-corrected chi connectivity index (χ3v) is 6.67. The molecule has 8 nitrogen and oxygen atoms in total. The van der Waals surface area contributed by atoms with E-state index in [-0.39, 0.29) is 36.0 Å². The normalized spacial score (nSPS) is 11.3. The number of amides is 1. The Morgan fingerprint density at radius 2 is 1.85 bits per heavy atom. The Balaban J connectivity index is 1.89. The first-order valence-electron chi connectivity index (χ1n) is 12.7. The number of carbonyl (C=O) groups is 2. The van der Waals surface area contributed by atoms with Gasteiger partial charge in [-0.15, -0.1) is 11.3 Å². The van der Waals surface area contributed by atoms with Crippen LogP contribution >= 0.6 is 11.3 Å². The molecule has 1 aromatic carbocycles. The topological polar surface area (TPSA) is 108 Å². The second kappa shape index (κ2) is 14.6. The lowest BCUT2D eigenvalue weighted by molar-refractivity contribution is -0.145. The van der Waals surface area contributed by atoms with Gasteiger partial charge in [0, 0.05) is 29.8 Å². The number of benzene rings is 1. The molecule has 0 spiro atoms. The molecule has 3 rings (SSSR count). The molecule has 3 aromatic rings. The van der Waals surface area contributed by atoms with E-state index < -0.39 is 23.6 Å². The predicted octanol–water partition coefficient (Wildman–Crippen LogP) is 6.83. The van der Waals surface area contributed by atoms with Crippen LogP contribution in [0.2, 0.25) is 0 Å². The number of hydrogen-bond acceptors (Lipinski definition) is 8. The minimum Gasteiger partial charge on any atom is -0.493 e. The Labute approximate surface area is 228 Å². The number of pyridine rings is 1. The number of ether oxygens (including phenoxy) is 1. The summed E-state index contributed by atoms with van der Waals surface area (Å²) in [6, 6.07) is 6.93. The lowest BCUT2D eigenvalue weighted by Gasteiger charge is -2.22. The molecule has 2 N–H and O–H groups in total. The maximum absolute atomic E-state index is 14.1. The van der Waals surface area contributed by atoms with Crippen LogP contribution in [0.3, 0.4) is 0 Å². The van der Waals surface area contributed by atoms with E-state index >= 15 is 0 Å². The Kier molecular flexibility index (Phi) is 11.2. The summed E-state index contributed by atoms with van der Waals surface area (Å²) in [4.78, 5) is 38.4. The molecule has 2 heterocycles. The van der Waals surface area contributed by atoms with Gasteiger partial charge >= 0.3 is 12.1 Å². The van der Waals surface area contributed by atoms with Crippen molar-refractivity contribution in [2.75, 3.05) is 11.5 Å². The molecule has 12 heteroatoms. The maximum atomic E-state index is 14.1. The highest BCUT2D eigenvalue weighted by atomic mass is 32.1. The molecule has 1 amide bonds. The van der Waals surface area contributed by atoms with Gasteiger partial charge in [0.2, 0.25) is 5.91 Å². The number of nitrogens with zero attached hydrogens (tertiary/aromatic N) is 3. The van der Waals surface area contributed by atoms with Crippen LogP contribution in [0.4, 0.5) is 24.0 Å². The van der Waals surface area contributed by atoms with Crippen LogP contribution < -0.4 is 15.5 Å². The zero-order valence-corrected chi connectivity index (χ0v) is 22.4. The van der Waals surface area contributed by atoms with Gasteiger partial charge in [0.1, 0.15) is 5.75 Å². The van der Waals surface area contributed by atoms with Gasteiger partial charge in [-0.05, 0) is 36.8 Å². The number of aromatic nitrogens is 2. The highest BCUT2D eigenvalue weighted by Gasteiger charge is 2.36. The first kappa shape index (κ1) is 30.0. The molecule has 0 bridgehead atoms. The van der Waals surface area contributed by atoms with Gasteiger partial charge in [-0.25, -0.2) is 4.98 Å². The van der Waals surface area contributed by atoms with Crippen molar-refractivity contribution in [3.63, 3.8) is 0 Å². The van der Waals surface area contributed by atoms with Crippen molar-refractivity contribution in [3.05, 3.63) is 53.7 Å². The number of nitrogens with two attached hydrogens (primary N) is 1. The van der Waals surface area contributed by atoms with E-state index in [0.29, 0.717) is 17.7 Å². The summed E-state index contributed by atoms with van der Waals surface area (Å²) in [6.45, 7) is 2.27. The van der Waals surface area contributed by atoms with E-state index in [2.05, 4.69) is 21.7 Å². The minimum absolute atomic E-state index is 0.0626. The van der Waals surface area contributed by atoms with Crippen LogP contribution in [-0.2, 0) is 20.6 Å². The summed E-state index contributed by atoms with van der Waals surface area (Å²) in [5.74, 6) is 3.07. The van der Waals surface area contributed by atoms with Crippen molar-refractivity contribution in [1.82, 2.24) is 9.97 Å². The van der Waals surface area contributed by atoms with Crippen molar-refractivity contribution in [2.45, 2.75) is 64.5 Å². The van der Waals surface area contributed by atoms with Gasteiger partial charge < -0.3 is 9.57 Å². The Morgan fingerprint density at radius 3 is 2.54 bits per heavy atom. The van der Waals surface area contributed by atoms with Crippen LogP contribution in [0.15, 0.2) is 48.1 Å². The molecule has 0 saturated heterocycles.